The summed E-state index contributed by atoms with van der Waals surface area (Å²) < 4.78 is 0. The lowest BCUT2D eigenvalue weighted by atomic mass is 9.89. The van der Waals surface area contributed by atoms with E-state index in [9.17, 15) is 0 Å². The predicted octanol–water partition coefficient (Wildman–Crippen LogP) is 15.0. The third-order valence-electron chi connectivity index (χ3n) is 12.6. The van der Waals surface area contributed by atoms with Crippen LogP contribution < -0.4 is 0 Å². The summed E-state index contributed by atoms with van der Waals surface area (Å²) in [6, 6.07) is 35.3. The first-order valence-electron chi connectivity index (χ1n) is 21.9. The highest BCUT2D eigenvalue weighted by molar-refractivity contribution is 6.07. The van der Waals surface area contributed by atoms with Crippen LogP contribution in [0.2, 0.25) is 0 Å². The molecular formula is C54H58N4. The Morgan fingerprint density at radius 1 is 0.345 bits per heavy atom. The van der Waals surface area contributed by atoms with Gasteiger partial charge in [-0.15, -0.1) is 0 Å². The van der Waals surface area contributed by atoms with E-state index < -0.39 is 0 Å². The van der Waals surface area contributed by atoms with Crippen molar-refractivity contribution in [3.05, 3.63) is 142 Å². The minimum absolute atomic E-state index is 0.871. The van der Waals surface area contributed by atoms with Crippen molar-refractivity contribution in [1.82, 2.24) is 19.9 Å². The SMILES string of the molecule is CCC1=C(CC)c2nc1c(-c1ccccc1)c1nc(c(-c3ccccc3)c3[nH]c(cc4[nH]c(c(CC)c4CC)c2-c2ccccc2)c(CC)c3CC)C(CC)=C1CC. The van der Waals surface area contributed by atoms with Gasteiger partial charge in [0.15, 0.2) is 0 Å². The van der Waals surface area contributed by atoms with Crippen molar-refractivity contribution in [2.24, 2.45) is 0 Å². The Balaban J connectivity index is 1.76. The molecule has 294 valence electrons. The molecule has 3 aromatic heterocycles. The van der Waals surface area contributed by atoms with Gasteiger partial charge in [0.05, 0.1) is 33.8 Å². The molecule has 4 heteroatoms. The van der Waals surface area contributed by atoms with Crippen molar-refractivity contribution < 1.29 is 0 Å². The summed E-state index contributed by atoms with van der Waals surface area (Å²) in [5, 5.41) is 0. The van der Waals surface area contributed by atoms with E-state index in [0.717, 1.165) is 85.3 Å². The molecule has 5 heterocycles. The van der Waals surface area contributed by atoms with Crippen molar-refractivity contribution in [2.75, 3.05) is 0 Å². The number of nitrogens with zero attached hydrogens (tertiary/aromatic N) is 2. The second-order valence-electron chi connectivity index (χ2n) is 15.5. The van der Waals surface area contributed by atoms with Crippen LogP contribution in [0.25, 0.3) is 77.7 Å². The van der Waals surface area contributed by atoms with E-state index in [2.05, 4.69) is 162 Å². The lowest BCUT2D eigenvalue weighted by Crippen LogP contribution is -1.95. The molecule has 2 N–H and O–H groups in total. The summed E-state index contributed by atoms with van der Waals surface area (Å²) in [6.07, 6.45) is 7.18. The van der Waals surface area contributed by atoms with Crippen molar-refractivity contribution in [3.8, 4) is 33.4 Å². The number of aromatic amines is 2. The standard InChI is InChI=1S/C54H58N4/c1-9-36-38(11-3)49-46(33-26-20-17-21-27-33)51-40(13-5)42(15-7)53(57-51)48(35-30-24-19-25-31-35)54-43(16-8)41(14-6)52(58-54)47(34-28-22-18-23-29-34)50-39(12-4)37(10-2)45(56-50)32-44(36)55-49/h17-32,55-56H,9-16H2,1-8H3. The zero-order valence-electron chi connectivity index (χ0n) is 35.8. The van der Waals surface area contributed by atoms with Gasteiger partial charge in [0.1, 0.15) is 0 Å². The smallest absolute Gasteiger partial charge is 0.0772 e. The van der Waals surface area contributed by atoms with E-state index in [0.29, 0.717) is 0 Å². The Labute approximate surface area is 345 Å². The highest BCUT2D eigenvalue weighted by Gasteiger charge is 2.31. The van der Waals surface area contributed by atoms with Crippen LogP contribution in [0.4, 0.5) is 0 Å². The molecule has 0 radical (unpaired) electrons. The van der Waals surface area contributed by atoms with Crippen LogP contribution in [0.3, 0.4) is 0 Å². The lowest BCUT2D eigenvalue weighted by molar-refractivity contribution is 1.07. The molecule has 0 unspecified atom stereocenters. The molecule has 0 amide bonds. The Bertz CT molecular complexity index is 2560. The minimum atomic E-state index is 0.871. The molecule has 6 aromatic rings. The number of rotatable bonds is 11. The topological polar surface area (TPSA) is 57.4 Å². The third-order valence-corrected chi connectivity index (χ3v) is 12.6. The van der Waals surface area contributed by atoms with Gasteiger partial charge in [-0.25, -0.2) is 9.97 Å². The van der Waals surface area contributed by atoms with Crippen molar-refractivity contribution in [1.29, 1.82) is 0 Å². The maximum Gasteiger partial charge on any atom is 0.0772 e. The fraction of sp³-hybridized carbons (Fsp3) is 0.296. The first kappa shape index (κ1) is 39.1. The molecule has 8 rings (SSSR count). The largest absolute Gasteiger partial charge is 0.354 e. The summed E-state index contributed by atoms with van der Waals surface area (Å²) in [6.45, 7) is 18.4. The molecule has 8 bridgehead atoms. The third kappa shape index (κ3) is 6.38. The van der Waals surface area contributed by atoms with E-state index in [4.69, 9.17) is 9.97 Å². The number of aryl methyl sites for hydroxylation is 4. The molecule has 4 nitrogen and oxygen atoms in total. The Morgan fingerprint density at radius 3 is 0.931 bits per heavy atom. The first-order chi connectivity index (χ1) is 28.5. The van der Waals surface area contributed by atoms with Gasteiger partial charge in [-0.2, -0.15) is 0 Å². The van der Waals surface area contributed by atoms with Gasteiger partial charge in [0.25, 0.3) is 0 Å². The van der Waals surface area contributed by atoms with E-state index in [1.807, 2.05) is 0 Å². The van der Waals surface area contributed by atoms with Crippen molar-refractivity contribution >= 4 is 44.4 Å². The monoisotopic (exact) mass is 762 g/mol. The summed E-state index contributed by atoms with van der Waals surface area (Å²) in [5.41, 5.74) is 26.7. The lowest BCUT2D eigenvalue weighted by Gasteiger charge is -2.13. The summed E-state index contributed by atoms with van der Waals surface area (Å²) in [4.78, 5) is 20.0. The van der Waals surface area contributed by atoms with Gasteiger partial charge in [-0.05, 0) is 119 Å². The number of H-pyrrole nitrogens is 2. The number of fused-ring (bicyclic) bond motifs is 8. The number of aromatic nitrogens is 4. The number of allylic oxidation sites excluding steroid dienone is 4. The van der Waals surface area contributed by atoms with Gasteiger partial charge in [-0.1, -0.05) is 146 Å². The van der Waals surface area contributed by atoms with Crippen LogP contribution in [0.5, 0.6) is 0 Å². The molecule has 2 aliphatic rings. The second-order valence-corrected chi connectivity index (χ2v) is 15.5. The highest BCUT2D eigenvalue weighted by Crippen LogP contribution is 2.49. The Hall–Kier alpha value is -5.74. The van der Waals surface area contributed by atoms with Crippen molar-refractivity contribution in [2.45, 2.75) is 107 Å². The molecule has 3 aromatic carbocycles. The number of hydrogen-bond acceptors (Lipinski definition) is 2. The average Bonchev–Trinajstić information content (AvgIpc) is 4.02. The van der Waals surface area contributed by atoms with Crippen LogP contribution in [0, 0.1) is 0 Å². The number of benzene rings is 3. The zero-order chi connectivity index (χ0) is 40.5. The van der Waals surface area contributed by atoms with Crippen molar-refractivity contribution in [3.63, 3.8) is 0 Å². The molecule has 0 atom stereocenters. The van der Waals surface area contributed by atoms with E-state index in [1.165, 1.54) is 88.9 Å². The summed E-state index contributed by atoms with van der Waals surface area (Å²) in [5.74, 6) is 0. The molecule has 0 spiro atoms. The normalized spacial score (nSPS) is 12.9. The van der Waals surface area contributed by atoms with Crippen LogP contribution in [-0.2, 0) is 25.7 Å². The molecule has 0 aliphatic carbocycles. The van der Waals surface area contributed by atoms with E-state index in [1.54, 1.807) is 0 Å². The fourth-order valence-corrected chi connectivity index (χ4v) is 10.0. The molecule has 2 aliphatic heterocycles. The van der Waals surface area contributed by atoms with Crippen LogP contribution in [0.15, 0.2) is 97.1 Å². The van der Waals surface area contributed by atoms with E-state index >= 15 is 0 Å². The van der Waals surface area contributed by atoms with Crippen LogP contribution in [-0.4, -0.2) is 19.9 Å². The minimum Gasteiger partial charge on any atom is -0.354 e. The molecule has 0 fully saturated rings. The first-order valence-corrected chi connectivity index (χ1v) is 21.9. The van der Waals surface area contributed by atoms with Gasteiger partial charge in [0.2, 0.25) is 0 Å². The number of hydrogen-bond donors (Lipinski definition) is 2. The number of nitrogens with one attached hydrogen (secondary N) is 2. The van der Waals surface area contributed by atoms with Crippen LogP contribution >= 0.6 is 0 Å². The summed E-state index contributed by atoms with van der Waals surface area (Å²) in [7, 11) is 0. The van der Waals surface area contributed by atoms with Gasteiger partial charge in [0, 0.05) is 27.7 Å². The molecule has 0 saturated heterocycles. The second kappa shape index (κ2) is 16.6. The quantitative estimate of drug-likeness (QED) is 0.138. The molecule has 0 saturated carbocycles. The van der Waals surface area contributed by atoms with Gasteiger partial charge >= 0.3 is 0 Å². The van der Waals surface area contributed by atoms with Crippen LogP contribution in [0.1, 0.15) is 126 Å². The van der Waals surface area contributed by atoms with E-state index in [-0.39, 0.29) is 0 Å². The highest BCUT2D eigenvalue weighted by atomic mass is 14.8. The molecule has 58 heavy (non-hydrogen) atoms. The zero-order valence-corrected chi connectivity index (χ0v) is 35.8. The fourth-order valence-electron chi connectivity index (χ4n) is 10.0. The van der Waals surface area contributed by atoms with Gasteiger partial charge in [-0.3, -0.25) is 0 Å². The van der Waals surface area contributed by atoms with Gasteiger partial charge < -0.3 is 9.97 Å². The summed E-state index contributed by atoms with van der Waals surface area (Å²) >= 11 is 0. The Morgan fingerprint density at radius 2 is 0.638 bits per heavy atom. The molecular weight excluding hydrogens is 705 g/mol. The maximum atomic E-state index is 5.91. The predicted molar refractivity (Wildman–Crippen MR) is 250 cm³/mol. The maximum absolute atomic E-state index is 5.91. The average molecular weight is 763 g/mol. The Kier molecular flexibility index (Phi) is 11.2.